The van der Waals surface area contributed by atoms with Crippen molar-refractivity contribution < 1.29 is 4.79 Å². The molecule has 3 aliphatic carbocycles. The molecule has 3 aliphatic rings. The summed E-state index contributed by atoms with van der Waals surface area (Å²) >= 11 is 0. The topological polar surface area (TPSA) is 55.1 Å². The van der Waals surface area contributed by atoms with E-state index in [9.17, 15) is 4.79 Å². The Bertz CT molecular complexity index is 260. The molecule has 3 rings (SSSR count). The first-order valence-electron chi connectivity index (χ1n) is 5.74. The molecule has 0 aromatic rings. The molecule has 0 saturated heterocycles. The van der Waals surface area contributed by atoms with Crippen molar-refractivity contribution in [3.8, 4) is 0 Å². The van der Waals surface area contributed by atoms with E-state index in [1.165, 1.54) is 19.3 Å². The molecule has 3 heteroatoms. The highest BCUT2D eigenvalue weighted by Gasteiger charge is 2.65. The van der Waals surface area contributed by atoms with E-state index in [1.54, 1.807) is 6.92 Å². The minimum atomic E-state index is -0.353. The number of hydrogen-bond donors (Lipinski definition) is 2. The zero-order valence-electron chi connectivity index (χ0n) is 8.57. The Morgan fingerprint density at radius 3 is 2.43 bits per heavy atom. The Hall–Kier alpha value is -0.570. The van der Waals surface area contributed by atoms with Crippen molar-refractivity contribution in [2.45, 2.75) is 38.3 Å². The molecule has 14 heavy (non-hydrogen) atoms. The predicted molar refractivity (Wildman–Crippen MR) is 53.4 cm³/mol. The molecule has 3 N–H and O–H groups in total. The molecule has 78 valence electrons. The van der Waals surface area contributed by atoms with Crippen molar-refractivity contribution in [3.63, 3.8) is 0 Å². The van der Waals surface area contributed by atoms with Gasteiger partial charge in [0.2, 0.25) is 5.91 Å². The maximum Gasteiger partial charge on any atom is 0.236 e. The van der Waals surface area contributed by atoms with E-state index in [0.717, 1.165) is 23.7 Å². The quantitative estimate of drug-likeness (QED) is 0.672. The van der Waals surface area contributed by atoms with E-state index in [4.69, 9.17) is 5.73 Å². The second kappa shape index (κ2) is 2.72. The van der Waals surface area contributed by atoms with Gasteiger partial charge in [-0.15, -0.1) is 0 Å². The van der Waals surface area contributed by atoms with E-state index >= 15 is 0 Å². The fraction of sp³-hybridized carbons (Fsp3) is 0.909. The largest absolute Gasteiger partial charge is 0.351 e. The van der Waals surface area contributed by atoms with Gasteiger partial charge >= 0.3 is 0 Å². The van der Waals surface area contributed by atoms with Crippen molar-refractivity contribution in [2.24, 2.45) is 29.4 Å². The number of amides is 1. The van der Waals surface area contributed by atoms with Gasteiger partial charge in [0.05, 0.1) is 6.04 Å². The lowest BCUT2D eigenvalue weighted by atomic mass is 10.0. The normalized spacial score (nSPS) is 50.0. The fourth-order valence-electron chi connectivity index (χ4n) is 3.81. The van der Waals surface area contributed by atoms with Gasteiger partial charge in [-0.3, -0.25) is 4.79 Å². The maximum atomic E-state index is 11.4. The molecular weight excluding hydrogens is 176 g/mol. The van der Waals surface area contributed by atoms with E-state index < -0.39 is 0 Å². The second-order valence-electron chi connectivity index (χ2n) is 5.31. The SMILES string of the molecule is C[C@@H](N)C(=O)NC1C2C3CCC(C3)C12. The fourth-order valence-corrected chi connectivity index (χ4v) is 3.81. The number of carbonyl (C=O) groups is 1. The molecule has 0 heterocycles. The highest BCUT2D eigenvalue weighted by molar-refractivity contribution is 5.81. The summed E-state index contributed by atoms with van der Waals surface area (Å²) in [5, 5.41) is 3.09. The number of carbonyl (C=O) groups excluding carboxylic acids is 1. The first-order chi connectivity index (χ1) is 6.68. The lowest BCUT2D eigenvalue weighted by Crippen LogP contribution is -2.41. The van der Waals surface area contributed by atoms with Crippen LogP contribution in [0, 0.1) is 23.7 Å². The zero-order chi connectivity index (χ0) is 9.87. The number of fused-ring (bicyclic) bond motifs is 5. The third-order valence-electron chi connectivity index (χ3n) is 4.46. The van der Waals surface area contributed by atoms with Crippen molar-refractivity contribution in [2.75, 3.05) is 0 Å². The van der Waals surface area contributed by atoms with Crippen LogP contribution in [0.3, 0.4) is 0 Å². The molecule has 0 spiro atoms. The molecule has 0 aromatic heterocycles. The first kappa shape index (κ1) is 8.72. The zero-order valence-corrected chi connectivity index (χ0v) is 8.57. The van der Waals surface area contributed by atoms with Crippen LogP contribution in [0.2, 0.25) is 0 Å². The van der Waals surface area contributed by atoms with Crippen molar-refractivity contribution in [3.05, 3.63) is 0 Å². The second-order valence-corrected chi connectivity index (χ2v) is 5.31. The highest BCUT2D eigenvalue weighted by atomic mass is 16.2. The molecular formula is C11H18N2O. The number of nitrogens with one attached hydrogen (secondary N) is 1. The van der Waals surface area contributed by atoms with Crippen LogP contribution in [0.5, 0.6) is 0 Å². The summed E-state index contributed by atoms with van der Waals surface area (Å²) in [6, 6.07) is 0.133. The van der Waals surface area contributed by atoms with Gasteiger partial charge < -0.3 is 11.1 Å². The van der Waals surface area contributed by atoms with Gasteiger partial charge in [-0.05, 0) is 49.9 Å². The molecule has 3 fully saturated rings. The smallest absolute Gasteiger partial charge is 0.236 e. The summed E-state index contributed by atoms with van der Waals surface area (Å²) < 4.78 is 0. The summed E-state index contributed by atoms with van der Waals surface area (Å²) in [5.74, 6) is 3.50. The van der Waals surface area contributed by atoms with Gasteiger partial charge in [0.1, 0.15) is 0 Å². The van der Waals surface area contributed by atoms with Crippen LogP contribution in [0.1, 0.15) is 26.2 Å². The van der Waals surface area contributed by atoms with Gasteiger partial charge in [0, 0.05) is 6.04 Å². The Labute approximate surface area is 84.4 Å². The van der Waals surface area contributed by atoms with Crippen LogP contribution in [-0.2, 0) is 4.79 Å². The van der Waals surface area contributed by atoms with Crippen LogP contribution in [-0.4, -0.2) is 18.0 Å². The lowest BCUT2D eigenvalue weighted by Gasteiger charge is -2.11. The van der Waals surface area contributed by atoms with Crippen molar-refractivity contribution >= 4 is 5.91 Å². The lowest BCUT2D eigenvalue weighted by molar-refractivity contribution is -0.122. The van der Waals surface area contributed by atoms with E-state index in [-0.39, 0.29) is 11.9 Å². The standard InChI is InChI=1S/C11H18N2O/c1-5(12)11(14)13-10-8-6-2-3-7(4-6)9(8)10/h5-10H,2-4,12H2,1H3,(H,13,14)/t5-,6?,7?,8?,9?,10?/m1/s1. The summed E-state index contributed by atoms with van der Waals surface area (Å²) in [5.41, 5.74) is 5.54. The average molecular weight is 194 g/mol. The number of rotatable bonds is 2. The molecule has 5 atom stereocenters. The van der Waals surface area contributed by atoms with Crippen LogP contribution < -0.4 is 11.1 Å². The molecule has 0 radical (unpaired) electrons. The van der Waals surface area contributed by atoms with E-state index in [0.29, 0.717) is 6.04 Å². The Balaban J connectivity index is 1.61. The summed E-state index contributed by atoms with van der Waals surface area (Å²) in [6.45, 7) is 1.75. The van der Waals surface area contributed by atoms with Crippen LogP contribution >= 0.6 is 0 Å². The van der Waals surface area contributed by atoms with Crippen molar-refractivity contribution in [1.29, 1.82) is 0 Å². The van der Waals surface area contributed by atoms with Crippen LogP contribution in [0.15, 0.2) is 0 Å². The van der Waals surface area contributed by atoms with E-state index in [2.05, 4.69) is 5.32 Å². The summed E-state index contributed by atoms with van der Waals surface area (Å²) in [4.78, 5) is 11.4. The Kier molecular flexibility index (Phi) is 1.69. The number of hydrogen-bond acceptors (Lipinski definition) is 2. The van der Waals surface area contributed by atoms with Gasteiger partial charge in [-0.25, -0.2) is 0 Å². The Morgan fingerprint density at radius 2 is 1.93 bits per heavy atom. The van der Waals surface area contributed by atoms with Crippen molar-refractivity contribution in [1.82, 2.24) is 5.32 Å². The molecule has 1 amide bonds. The van der Waals surface area contributed by atoms with Gasteiger partial charge in [0.25, 0.3) is 0 Å². The third-order valence-corrected chi connectivity index (χ3v) is 4.46. The molecule has 2 bridgehead atoms. The predicted octanol–water partition coefficient (Wildman–Crippen LogP) is 0.494. The van der Waals surface area contributed by atoms with Gasteiger partial charge in [-0.1, -0.05) is 0 Å². The van der Waals surface area contributed by atoms with E-state index in [1.807, 2.05) is 0 Å². The minimum Gasteiger partial charge on any atom is -0.351 e. The molecule has 0 aliphatic heterocycles. The highest BCUT2D eigenvalue weighted by Crippen LogP contribution is 2.65. The average Bonchev–Trinajstić information content (AvgIpc) is 2.59. The molecule has 4 unspecified atom stereocenters. The maximum absolute atomic E-state index is 11.4. The summed E-state index contributed by atoms with van der Waals surface area (Å²) in [6.07, 6.45) is 4.23. The Morgan fingerprint density at radius 1 is 1.36 bits per heavy atom. The number of nitrogens with two attached hydrogens (primary N) is 1. The van der Waals surface area contributed by atoms with Crippen LogP contribution in [0.4, 0.5) is 0 Å². The van der Waals surface area contributed by atoms with Gasteiger partial charge in [-0.2, -0.15) is 0 Å². The van der Waals surface area contributed by atoms with Gasteiger partial charge in [0.15, 0.2) is 0 Å². The third kappa shape index (κ3) is 1.05. The first-order valence-corrected chi connectivity index (χ1v) is 5.74. The van der Waals surface area contributed by atoms with Crippen LogP contribution in [0.25, 0.3) is 0 Å². The minimum absolute atomic E-state index is 0.0313. The summed E-state index contributed by atoms with van der Waals surface area (Å²) in [7, 11) is 0. The molecule has 0 aromatic carbocycles. The molecule has 3 nitrogen and oxygen atoms in total. The monoisotopic (exact) mass is 194 g/mol. The molecule has 3 saturated carbocycles.